The molecule has 1 aliphatic heterocycles. The number of esters is 2. The van der Waals surface area contributed by atoms with E-state index in [1.807, 2.05) is 6.92 Å². The van der Waals surface area contributed by atoms with Crippen LogP contribution in [0.5, 0.6) is 0 Å². The maximum absolute atomic E-state index is 13.5. The van der Waals surface area contributed by atoms with Gasteiger partial charge in [0.25, 0.3) is 0 Å². The van der Waals surface area contributed by atoms with E-state index in [0.717, 1.165) is 88.9 Å². The van der Waals surface area contributed by atoms with Crippen molar-refractivity contribution >= 4 is 11.9 Å². The second-order valence-corrected chi connectivity index (χ2v) is 16.8. The van der Waals surface area contributed by atoms with Crippen LogP contribution in [0.3, 0.4) is 0 Å². The van der Waals surface area contributed by atoms with Crippen LogP contribution < -0.4 is 0 Å². The molecule has 1 saturated heterocycles. The van der Waals surface area contributed by atoms with E-state index < -0.39 is 17.6 Å². The summed E-state index contributed by atoms with van der Waals surface area (Å²) in [5.41, 5.74) is -0.540. The SMILES string of the molecule is CC(CCC(=O)OCC1OC(C2CC3CCCC(C3)C2)OC1COC(=O)C1(C)CC2CC(O)CC(C2)C1)CC1CCCC(O)C1. The van der Waals surface area contributed by atoms with Crippen LogP contribution in [0.15, 0.2) is 0 Å². The van der Waals surface area contributed by atoms with Crippen LogP contribution in [0.25, 0.3) is 0 Å². The van der Waals surface area contributed by atoms with Gasteiger partial charge in [-0.2, -0.15) is 0 Å². The molecule has 4 bridgehead atoms. The lowest BCUT2D eigenvalue weighted by Crippen LogP contribution is -2.44. The van der Waals surface area contributed by atoms with E-state index in [4.69, 9.17) is 18.9 Å². The van der Waals surface area contributed by atoms with E-state index >= 15 is 0 Å². The minimum atomic E-state index is -0.540. The van der Waals surface area contributed by atoms with Crippen molar-refractivity contribution in [2.75, 3.05) is 13.2 Å². The molecule has 0 aromatic carbocycles. The van der Waals surface area contributed by atoms with Gasteiger partial charge < -0.3 is 29.2 Å². The smallest absolute Gasteiger partial charge is 0.311 e. The van der Waals surface area contributed by atoms with E-state index in [9.17, 15) is 19.8 Å². The third kappa shape index (κ3) is 8.83. The molecule has 0 aromatic heterocycles. The van der Waals surface area contributed by atoms with Crippen molar-refractivity contribution in [2.24, 2.45) is 46.8 Å². The molecule has 5 aliphatic carbocycles. The van der Waals surface area contributed by atoms with Crippen LogP contribution >= 0.6 is 0 Å². The Bertz CT molecular complexity index is 971. The van der Waals surface area contributed by atoms with Crippen molar-refractivity contribution < 1.29 is 38.7 Å². The third-order valence-electron chi connectivity index (χ3n) is 12.5. The summed E-state index contributed by atoms with van der Waals surface area (Å²) < 4.78 is 24.8. The second kappa shape index (κ2) is 14.9. The molecule has 0 spiro atoms. The Morgan fingerprint density at radius 2 is 1.40 bits per heavy atom. The molecule has 2 N–H and O–H groups in total. The zero-order valence-corrected chi connectivity index (χ0v) is 27.9. The minimum Gasteiger partial charge on any atom is -0.463 e. The highest BCUT2D eigenvalue weighted by molar-refractivity contribution is 5.76. The van der Waals surface area contributed by atoms with Crippen molar-refractivity contribution in [3.8, 4) is 0 Å². The molecular weight excluding hydrogens is 572 g/mol. The highest BCUT2D eigenvalue weighted by Gasteiger charge is 2.48. The molecule has 6 aliphatic rings. The maximum Gasteiger partial charge on any atom is 0.311 e. The summed E-state index contributed by atoms with van der Waals surface area (Å²) in [4.78, 5) is 26.3. The summed E-state index contributed by atoms with van der Waals surface area (Å²) >= 11 is 0. The predicted octanol–water partition coefficient (Wildman–Crippen LogP) is 6.33. The van der Waals surface area contributed by atoms with E-state index in [1.54, 1.807) is 0 Å². The molecule has 1 heterocycles. The number of aliphatic hydroxyl groups excluding tert-OH is 2. The third-order valence-corrected chi connectivity index (χ3v) is 12.5. The van der Waals surface area contributed by atoms with Crippen LogP contribution in [0.2, 0.25) is 0 Å². The van der Waals surface area contributed by atoms with Gasteiger partial charge in [-0.15, -0.1) is 0 Å². The van der Waals surface area contributed by atoms with Crippen molar-refractivity contribution in [1.29, 1.82) is 0 Å². The molecule has 10 unspecified atom stereocenters. The number of carbonyl (C=O) groups is 2. The topological polar surface area (TPSA) is 112 Å². The van der Waals surface area contributed by atoms with Gasteiger partial charge in [0.1, 0.15) is 25.4 Å². The average Bonchev–Trinajstić information content (AvgIpc) is 3.40. The first-order chi connectivity index (χ1) is 21.6. The Kier molecular flexibility index (Phi) is 11.2. The lowest BCUT2D eigenvalue weighted by atomic mass is 9.61. The van der Waals surface area contributed by atoms with E-state index in [2.05, 4.69) is 6.92 Å². The van der Waals surface area contributed by atoms with Crippen LogP contribution in [-0.4, -0.2) is 66.1 Å². The molecule has 10 atom stereocenters. The van der Waals surface area contributed by atoms with E-state index in [0.29, 0.717) is 36.0 Å². The Morgan fingerprint density at radius 3 is 2.07 bits per heavy atom. The number of carbonyl (C=O) groups excluding carboxylic acids is 2. The normalized spacial score (nSPS) is 43.8. The zero-order chi connectivity index (χ0) is 31.6. The lowest BCUT2D eigenvalue weighted by Gasteiger charge is -2.45. The standard InChI is InChI=1S/C37H60O8/c1-23(11-24-7-4-8-30(38)16-24)9-10-34(40)42-21-32-33(45-35(44-32)29-14-25-5-3-6-26(12-25)15-29)22-43-36(41)37(2)19-27-13-28(20-37)18-31(39)17-27/h23-33,35,38-39H,3-22H2,1-2H3. The largest absolute Gasteiger partial charge is 0.463 e. The maximum atomic E-state index is 13.5. The molecule has 5 saturated carbocycles. The monoisotopic (exact) mass is 632 g/mol. The highest BCUT2D eigenvalue weighted by atomic mass is 16.7. The fourth-order valence-corrected chi connectivity index (χ4v) is 10.6. The van der Waals surface area contributed by atoms with Crippen molar-refractivity contribution in [3.05, 3.63) is 0 Å². The molecule has 8 heteroatoms. The van der Waals surface area contributed by atoms with Gasteiger partial charge in [-0.3, -0.25) is 9.59 Å². The molecule has 8 nitrogen and oxygen atoms in total. The van der Waals surface area contributed by atoms with Gasteiger partial charge in [-0.25, -0.2) is 0 Å². The number of fused-ring (bicyclic) bond motifs is 4. The molecule has 6 rings (SSSR count). The summed E-state index contributed by atoms with van der Waals surface area (Å²) in [5, 5.41) is 20.2. The highest BCUT2D eigenvalue weighted by Crippen LogP contribution is 2.50. The Balaban J connectivity index is 1.01. The molecule has 0 aromatic rings. The van der Waals surface area contributed by atoms with Gasteiger partial charge >= 0.3 is 11.9 Å². The first-order valence-electron chi connectivity index (χ1n) is 18.6. The number of rotatable bonds is 11. The van der Waals surface area contributed by atoms with E-state index in [-0.39, 0.29) is 43.7 Å². The zero-order valence-electron chi connectivity index (χ0n) is 27.9. The first-order valence-corrected chi connectivity index (χ1v) is 18.6. The Labute approximate surface area is 270 Å². The molecule has 6 fully saturated rings. The molecule has 0 amide bonds. The summed E-state index contributed by atoms with van der Waals surface area (Å²) in [6.07, 6.45) is 16.2. The predicted molar refractivity (Wildman–Crippen MR) is 169 cm³/mol. The van der Waals surface area contributed by atoms with Gasteiger partial charge in [-0.1, -0.05) is 39.0 Å². The molecule has 0 radical (unpaired) electrons. The van der Waals surface area contributed by atoms with Crippen molar-refractivity contribution in [3.63, 3.8) is 0 Å². The fraction of sp³-hybridized carbons (Fsp3) is 0.946. The van der Waals surface area contributed by atoms with Crippen LogP contribution in [0.1, 0.15) is 129 Å². The summed E-state index contributed by atoms with van der Waals surface area (Å²) in [5.74, 6) is 3.11. The minimum absolute atomic E-state index is 0.106. The average molecular weight is 633 g/mol. The van der Waals surface area contributed by atoms with E-state index in [1.165, 1.54) is 32.1 Å². The second-order valence-electron chi connectivity index (χ2n) is 16.8. The van der Waals surface area contributed by atoms with Crippen LogP contribution in [0, 0.1) is 46.8 Å². The Morgan fingerprint density at radius 1 is 0.778 bits per heavy atom. The van der Waals surface area contributed by atoms with Crippen molar-refractivity contribution in [1.82, 2.24) is 0 Å². The summed E-state index contributed by atoms with van der Waals surface area (Å²) in [6.45, 7) is 4.44. The molecule has 256 valence electrons. The first kappa shape index (κ1) is 33.7. The van der Waals surface area contributed by atoms with Gasteiger partial charge in [0.15, 0.2) is 6.29 Å². The van der Waals surface area contributed by atoms with Crippen LogP contribution in [-0.2, 0) is 28.5 Å². The summed E-state index contributed by atoms with van der Waals surface area (Å²) in [7, 11) is 0. The Hall–Kier alpha value is -1.22. The van der Waals surface area contributed by atoms with Gasteiger partial charge in [0, 0.05) is 12.3 Å². The number of ether oxygens (including phenoxy) is 4. The van der Waals surface area contributed by atoms with Crippen molar-refractivity contribution in [2.45, 2.75) is 160 Å². The summed E-state index contributed by atoms with van der Waals surface area (Å²) in [6, 6.07) is 0. The number of aliphatic hydroxyl groups is 2. The van der Waals surface area contributed by atoms with Gasteiger partial charge in [-0.05, 0) is 119 Å². The van der Waals surface area contributed by atoms with Crippen LogP contribution in [0.4, 0.5) is 0 Å². The van der Waals surface area contributed by atoms with Gasteiger partial charge in [0.2, 0.25) is 0 Å². The molecular formula is C37H60O8. The quantitative estimate of drug-likeness (QED) is 0.254. The molecule has 45 heavy (non-hydrogen) atoms. The number of hydrogen-bond donors (Lipinski definition) is 2. The fourth-order valence-electron chi connectivity index (χ4n) is 10.6. The lowest BCUT2D eigenvalue weighted by molar-refractivity contribution is -0.167. The number of hydrogen-bond acceptors (Lipinski definition) is 8. The van der Waals surface area contributed by atoms with Gasteiger partial charge in [0.05, 0.1) is 17.6 Å².